The van der Waals surface area contributed by atoms with E-state index >= 15 is 0 Å². The van der Waals surface area contributed by atoms with Gasteiger partial charge in [-0.3, -0.25) is 0 Å². The molecule has 0 spiro atoms. The quantitative estimate of drug-likeness (QED) is 0.577. The van der Waals surface area contributed by atoms with Gasteiger partial charge in [-0.15, -0.1) is 13.2 Å². The molecule has 0 aromatic heterocycles. The molecule has 0 saturated heterocycles. The van der Waals surface area contributed by atoms with Crippen molar-refractivity contribution in [2.75, 3.05) is 0 Å². The molecule has 0 heterocycles. The summed E-state index contributed by atoms with van der Waals surface area (Å²) in [5.41, 5.74) is 1.20. The topological polar surface area (TPSA) is 0 Å². The summed E-state index contributed by atoms with van der Waals surface area (Å²) in [5, 5.41) is 2.55. The molecule has 0 aliphatic rings. The van der Waals surface area contributed by atoms with E-state index in [1.165, 1.54) is 16.3 Å². The molecule has 2 aromatic carbocycles. The average molecular weight is 182 g/mol. The number of hydrogen-bond donors (Lipinski definition) is 0. The van der Waals surface area contributed by atoms with Crippen molar-refractivity contribution >= 4 is 16.8 Å². The fraction of sp³-hybridized carbons (Fsp3) is 0. The minimum absolute atomic E-state index is 1.20. The van der Waals surface area contributed by atoms with Gasteiger partial charge in [0.2, 0.25) is 0 Å². The van der Waals surface area contributed by atoms with Crippen LogP contribution in [0.2, 0.25) is 0 Å². The lowest BCUT2D eigenvalue weighted by atomic mass is 10.1. The first-order valence-corrected chi connectivity index (χ1v) is 4.52. The third-order valence-electron chi connectivity index (χ3n) is 2.04. The van der Waals surface area contributed by atoms with E-state index in [1.807, 2.05) is 6.08 Å². The van der Waals surface area contributed by atoms with Gasteiger partial charge in [0, 0.05) is 0 Å². The second kappa shape index (κ2) is 5.03. The fourth-order valence-electron chi connectivity index (χ4n) is 1.43. The van der Waals surface area contributed by atoms with E-state index < -0.39 is 0 Å². The highest BCUT2D eigenvalue weighted by Crippen LogP contribution is 2.18. The Hall–Kier alpha value is -1.82. The van der Waals surface area contributed by atoms with Crippen LogP contribution in [0.15, 0.2) is 62.2 Å². The van der Waals surface area contributed by atoms with Crippen LogP contribution in [0, 0.1) is 0 Å². The zero-order chi connectivity index (χ0) is 10.4. The van der Waals surface area contributed by atoms with Gasteiger partial charge in [0.15, 0.2) is 0 Å². The number of benzene rings is 2. The summed E-state index contributed by atoms with van der Waals surface area (Å²) >= 11 is 0. The molecule has 0 amide bonds. The second-order valence-electron chi connectivity index (χ2n) is 2.77. The van der Waals surface area contributed by atoms with E-state index in [1.54, 1.807) is 0 Å². The molecule has 0 N–H and O–H groups in total. The summed E-state index contributed by atoms with van der Waals surface area (Å²) < 4.78 is 0. The smallest absolute Gasteiger partial charge is 0.0112 e. The van der Waals surface area contributed by atoms with Gasteiger partial charge in [-0.25, -0.2) is 0 Å². The highest BCUT2D eigenvalue weighted by molar-refractivity contribution is 5.90. The van der Waals surface area contributed by atoms with Gasteiger partial charge < -0.3 is 0 Å². The molecular weight excluding hydrogens is 168 g/mol. The largest absolute Gasteiger partial charge is 0.106 e. The Morgan fingerprint density at radius 2 is 1.50 bits per heavy atom. The van der Waals surface area contributed by atoms with Crippen LogP contribution in [0.3, 0.4) is 0 Å². The first kappa shape index (κ1) is 10.3. The van der Waals surface area contributed by atoms with Gasteiger partial charge in [-0.05, 0) is 16.3 Å². The van der Waals surface area contributed by atoms with Crippen LogP contribution in [0.5, 0.6) is 0 Å². The van der Waals surface area contributed by atoms with Crippen LogP contribution in [0.1, 0.15) is 5.56 Å². The van der Waals surface area contributed by atoms with Crippen LogP contribution in [0.4, 0.5) is 0 Å². The predicted octanol–water partition coefficient (Wildman–Crippen LogP) is 4.29. The first-order chi connectivity index (χ1) is 6.92. The summed E-state index contributed by atoms with van der Waals surface area (Å²) in [4.78, 5) is 0. The van der Waals surface area contributed by atoms with Gasteiger partial charge in [0.05, 0.1) is 0 Å². The highest BCUT2D eigenvalue weighted by atomic mass is 14.0. The zero-order valence-electron chi connectivity index (χ0n) is 8.24. The molecule has 0 heteroatoms. The van der Waals surface area contributed by atoms with E-state index in [0.29, 0.717) is 0 Å². The molecule has 0 saturated carbocycles. The van der Waals surface area contributed by atoms with E-state index in [9.17, 15) is 0 Å². The molecule has 0 aliphatic carbocycles. The van der Waals surface area contributed by atoms with Crippen LogP contribution in [-0.4, -0.2) is 0 Å². The predicted molar refractivity (Wildman–Crippen MR) is 65.3 cm³/mol. The number of hydrogen-bond acceptors (Lipinski definition) is 0. The van der Waals surface area contributed by atoms with Gasteiger partial charge in [0.1, 0.15) is 0 Å². The van der Waals surface area contributed by atoms with Crippen molar-refractivity contribution in [3.05, 3.63) is 67.8 Å². The summed E-state index contributed by atoms with van der Waals surface area (Å²) in [7, 11) is 0. The van der Waals surface area contributed by atoms with Crippen molar-refractivity contribution in [2.45, 2.75) is 0 Å². The Bertz CT molecular complexity index is 421. The van der Waals surface area contributed by atoms with Crippen molar-refractivity contribution < 1.29 is 0 Å². The van der Waals surface area contributed by atoms with E-state index in [-0.39, 0.29) is 0 Å². The molecule has 0 bridgehead atoms. The van der Waals surface area contributed by atoms with Crippen molar-refractivity contribution in [3.63, 3.8) is 0 Å². The third kappa shape index (κ3) is 1.91. The standard InChI is InChI=1S/C12H10.C2H4/c1-2-10-7-5-8-11-6-3-4-9-12(10)11;1-2/h2-9H,1H2;1-2H2. The lowest BCUT2D eigenvalue weighted by Crippen LogP contribution is -1.75. The normalized spacial score (nSPS) is 8.86. The third-order valence-corrected chi connectivity index (χ3v) is 2.04. The first-order valence-electron chi connectivity index (χ1n) is 4.52. The summed E-state index contributed by atoms with van der Waals surface area (Å²) in [6.07, 6.45) is 1.89. The molecule has 0 unspecified atom stereocenters. The van der Waals surface area contributed by atoms with Gasteiger partial charge in [-0.1, -0.05) is 55.1 Å². The van der Waals surface area contributed by atoms with Crippen LogP contribution < -0.4 is 0 Å². The molecule has 2 aromatic rings. The maximum absolute atomic E-state index is 3.78. The molecule has 2 rings (SSSR count). The van der Waals surface area contributed by atoms with E-state index in [4.69, 9.17) is 0 Å². The Balaban J connectivity index is 0.000000461. The van der Waals surface area contributed by atoms with E-state index in [0.717, 1.165) is 0 Å². The summed E-state index contributed by atoms with van der Waals surface area (Å²) in [6.45, 7) is 9.78. The molecule has 70 valence electrons. The lowest BCUT2D eigenvalue weighted by Gasteiger charge is -1.99. The Morgan fingerprint density at radius 1 is 0.857 bits per heavy atom. The minimum atomic E-state index is 1.20. The van der Waals surface area contributed by atoms with Gasteiger partial charge >= 0.3 is 0 Å². The van der Waals surface area contributed by atoms with Crippen molar-refractivity contribution in [1.29, 1.82) is 0 Å². The SMILES string of the molecule is C=C.C=Cc1cccc2ccccc12. The van der Waals surface area contributed by atoms with Gasteiger partial charge in [0.25, 0.3) is 0 Å². The zero-order valence-corrected chi connectivity index (χ0v) is 8.24. The number of rotatable bonds is 1. The molecule has 0 aliphatic heterocycles. The summed E-state index contributed by atoms with van der Waals surface area (Å²) in [6, 6.07) is 14.6. The number of fused-ring (bicyclic) bond motifs is 1. The molecule has 0 nitrogen and oxygen atoms in total. The maximum Gasteiger partial charge on any atom is -0.0112 e. The average Bonchev–Trinajstić information content (AvgIpc) is 2.31. The van der Waals surface area contributed by atoms with Crippen LogP contribution >= 0.6 is 0 Å². The van der Waals surface area contributed by atoms with Crippen LogP contribution in [-0.2, 0) is 0 Å². The molecular formula is C14H14. The fourth-order valence-corrected chi connectivity index (χ4v) is 1.43. The lowest BCUT2D eigenvalue weighted by molar-refractivity contribution is 1.72. The molecule has 0 atom stereocenters. The Morgan fingerprint density at radius 3 is 2.21 bits per heavy atom. The summed E-state index contributed by atoms with van der Waals surface area (Å²) in [5.74, 6) is 0. The molecule has 0 radical (unpaired) electrons. The Labute approximate surface area is 85.2 Å². The van der Waals surface area contributed by atoms with Crippen LogP contribution in [0.25, 0.3) is 16.8 Å². The van der Waals surface area contributed by atoms with Gasteiger partial charge in [-0.2, -0.15) is 0 Å². The highest BCUT2D eigenvalue weighted by Gasteiger charge is 1.93. The molecule has 14 heavy (non-hydrogen) atoms. The van der Waals surface area contributed by atoms with E-state index in [2.05, 4.69) is 62.2 Å². The van der Waals surface area contributed by atoms with Crippen molar-refractivity contribution in [1.82, 2.24) is 0 Å². The minimum Gasteiger partial charge on any atom is -0.106 e. The second-order valence-corrected chi connectivity index (χ2v) is 2.77. The van der Waals surface area contributed by atoms with Crippen molar-refractivity contribution in [2.24, 2.45) is 0 Å². The van der Waals surface area contributed by atoms with Crippen molar-refractivity contribution in [3.8, 4) is 0 Å². The Kier molecular flexibility index (Phi) is 3.69. The maximum atomic E-state index is 3.78. The monoisotopic (exact) mass is 182 g/mol. The molecule has 0 fully saturated rings.